The Morgan fingerprint density at radius 1 is 1.50 bits per heavy atom. The number of rotatable bonds is 5. The lowest BCUT2D eigenvalue weighted by atomic mass is 10.2. The minimum Gasteiger partial charge on any atom is -0.467 e. The second kappa shape index (κ2) is 5.48. The molecule has 2 rings (SSSR count). The number of hydrogen-bond donors (Lipinski definition) is 1. The molecule has 1 N–H and O–H groups in total. The highest BCUT2D eigenvalue weighted by Crippen LogP contribution is 2.01. The lowest BCUT2D eigenvalue weighted by Gasteiger charge is -2.07. The van der Waals surface area contributed by atoms with Gasteiger partial charge in [-0.15, -0.1) is 0 Å². The fourth-order valence-electron chi connectivity index (χ4n) is 1.42. The first-order chi connectivity index (χ1) is 8.65. The summed E-state index contributed by atoms with van der Waals surface area (Å²) in [6, 6.07) is 3.58. The maximum atomic E-state index is 11.7. The number of anilines is 1. The van der Waals surface area contributed by atoms with E-state index in [9.17, 15) is 4.79 Å². The average molecular weight is 248 g/mol. The van der Waals surface area contributed by atoms with E-state index >= 15 is 0 Å². The summed E-state index contributed by atoms with van der Waals surface area (Å²) in [7, 11) is 0. The topological polar surface area (TPSA) is 73.0 Å². The van der Waals surface area contributed by atoms with Crippen LogP contribution in [-0.4, -0.2) is 21.1 Å². The van der Waals surface area contributed by atoms with E-state index in [-0.39, 0.29) is 5.69 Å². The first-order valence-electron chi connectivity index (χ1n) is 5.85. The van der Waals surface area contributed by atoms with Gasteiger partial charge in [0, 0.05) is 6.54 Å². The Morgan fingerprint density at radius 3 is 2.94 bits per heavy atom. The zero-order valence-electron chi connectivity index (χ0n) is 10.5. The van der Waals surface area contributed by atoms with Crippen LogP contribution in [0.3, 0.4) is 0 Å². The Bertz CT molecular complexity index is 545. The highest BCUT2D eigenvalue weighted by Gasteiger charge is 2.04. The Kier molecular flexibility index (Phi) is 3.76. The lowest BCUT2D eigenvalue weighted by Crippen LogP contribution is -2.25. The van der Waals surface area contributed by atoms with Crippen LogP contribution in [-0.2, 0) is 6.54 Å². The molecule has 0 radical (unpaired) electrons. The molecule has 0 amide bonds. The van der Waals surface area contributed by atoms with E-state index < -0.39 is 0 Å². The average Bonchev–Trinajstić information content (AvgIpc) is 2.82. The number of nitrogens with zero attached hydrogens (tertiary/aromatic N) is 3. The van der Waals surface area contributed by atoms with Crippen molar-refractivity contribution in [2.45, 2.75) is 20.4 Å². The van der Waals surface area contributed by atoms with Gasteiger partial charge in [0.05, 0.1) is 12.8 Å². The number of nitrogens with one attached hydrogen (secondary N) is 1. The van der Waals surface area contributed by atoms with Crippen molar-refractivity contribution in [1.82, 2.24) is 14.5 Å². The van der Waals surface area contributed by atoms with Crippen molar-refractivity contribution in [3.63, 3.8) is 0 Å². The van der Waals surface area contributed by atoms with Crippen molar-refractivity contribution < 1.29 is 4.42 Å². The predicted octanol–water partition coefficient (Wildman–Crippen LogP) is 1.35. The maximum Gasteiger partial charge on any atom is 0.352 e. The minimum absolute atomic E-state index is 0.340. The van der Waals surface area contributed by atoms with E-state index in [2.05, 4.69) is 29.1 Å². The normalized spacial score (nSPS) is 10.8. The summed E-state index contributed by atoms with van der Waals surface area (Å²) in [5.41, 5.74) is -0.340. The summed E-state index contributed by atoms with van der Waals surface area (Å²) in [6.45, 7) is 5.23. The number of aromatic nitrogens is 3. The smallest absolute Gasteiger partial charge is 0.352 e. The summed E-state index contributed by atoms with van der Waals surface area (Å²) < 4.78 is 6.57. The van der Waals surface area contributed by atoms with Gasteiger partial charge in [-0.05, 0) is 18.1 Å². The van der Waals surface area contributed by atoms with Crippen LogP contribution in [0.15, 0.2) is 33.9 Å². The summed E-state index contributed by atoms with van der Waals surface area (Å²) in [5, 5.41) is 3.01. The van der Waals surface area contributed by atoms with Crippen LogP contribution < -0.4 is 11.0 Å². The minimum atomic E-state index is -0.340. The molecule has 0 saturated heterocycles. The molecule has 2 aromatic heterocycles. The van der Waals surface area contributed by atoms with Crippen LogP contribution in [0.4, 0.5) is 5.95 Å². The van der Waals surface area contributed by atoms with Gasteiger partial charge in [-0.2, -0.15) is 4.98 Å². The zero-order chi connectivity index (χ0) is 13.0. The van der Waals surface area contributed by atoms with Crippen LogP contribution in [0, 0.1) is 5.92 Å². The molecule has 96 valence electrons. The molecule has 2 aromatic rings. The molecular weight excluding hydrogens is 232 g/mol. The molecule has 2 heterocycles. The maximum absolute atomic E-state index is 11.7. The van der Waals surface area contributed by atoms with Gasteiger partial charge in [0.2, 0.25) is 5.95 Å². The van der Waals surface area contributed by atoms with Gasteiger partial charge in [-0.3, -0.25) is 4.57 Å². The molecule has 0 unspecified atom stereocenters. The van der Waals surface area contributed by atoms with Crippen LogP contribution in [0.25, 0.3) is 0 Å². The number of furan rings is 1. The van der Waals surface area contributed by atoms with Crippen LogP contribution in [0.2, 0.25) is 0 Å². The summed E-state index contributed by atoms with van der Waals surface area (Å²) >= 11 is 0. The third-order valence-corrected chi connectivity index (χ3v) is 2.34. The van der Waals surface area contributed by atoms with Crippen molar-refractivity contribution >= 4 is 5.95 Å². The van der Waals surface area contributed by atoms with Crippen molar-refractivity contribution in [2.75, 3.05) is 11.9 Å². The zero-order valence-corrected chi connectivity index (χ0v) is 10.5. The van der Waals surface area contributed by atoms with Crippen molar-refractivity contribution in [2.24, 2.45) is 5.92 Å². The van der Waals surface area contributed by atoms with Crippen molar-refractivity contribution in [1.29, 1.82) is 0 Å². The fourth-order valence-corrected chi connectivity index (χ4v) is 1.42. The van der Waals surface area contributed by atoms with Gasteiger partial charge in [0.1, 0.15) is 12.1 Å². The van der Waals surface area contributed by atoms with E-state index in [4.69, 9.17) is 4.42 Å². The molecule has 0 aliphatic heterocycles. The van der Waals surface area contributed by atoms with Crippen LogP contribution >= 0.6 is 0 Å². The Morgan fingerprint density at radius 2 is 2.33 bits per heavy atom. The highest BCUT2D eigenvalue weighted by molar-refractivity contribution is 5.20. The molecule has 0 aliphatic rings. The van der Waals surface area contributed by atoms with Crippen LogP contribution in [0.1, 0.15) is 19.6 Å². The Labute approximate surface area is 105 Å². The quantitative estimate of drug-likeness (QED) is 0.864. The molecule has 0 spiro atoms. The second-order valence-electron chi connectivity index (χ2n) is 4.44. The van der Waals surface area contributed by atoms with Gasteiger partial charge in [-0.25, -0.2) is 9.78 Å². The third-order valence-electron chi connectivity index (χ3n) is 2.34. The first kappa shape index (κ1) is 12.3. The third kappa shape index (κ3) is 3.19. The van der Waals surface area contributed by atoms with Gasteiger partial charge in [0.15, 0.2) is 0 Å². The molecule has 6 nitrogen and oxygen atoms in total. The molecule has 0 bridgehead atoms. The molecular formula is C12H16N4O2. The summed E-state index contributed by atoms with van der Waals surface area (Å²) in [6.07, 6.45) is 3.04. The molecule has 0 aromatic carbocycles. The monoisotopic (exact) mass is 248 g/mol. The largest absolute Gasteiger partial charge is 0.467 e. The van der Waals surface area contributed by atoms with Crippen molar-refractivity contribution in [3.8, 4) is 0 Å². The molecule has 0 fully saturated rings. The molecule has 18 heavy (non-hydrogen) atoms. The van der Waals surface area contributed by atoms with E-state index in [1.807, 2.05) is 0 Å². The van der Waals surface area contributed by atoms with E-state index in [0.29, 0.717) is 24.2 Å². The predicted molar refractivity (Wildman–Crippen MR) is 67.4 cm³/mol. The Balaban J connectivity index is 2.08. The second-order valence-corrected chi connectivity index (χ2v) is 4.44. The summed E-state index contributed by atoms with van der Waals surface area (Å²) in [5.74, 6) is 1.53. The molecule has 0 atom stereocenters. The van der Waals surface area contributed by atoms with Gasteiger partial charge in [0.25, 0.3) is 0 Å². The Hall–Kier alpha value is -2.11. The fraction of sp³-hybridized carbons (Fsp3) is 0.417. The SMILES string of the molecule is CC(C)CNc1ncn(Cc2ccco2)c(=O)n1. The number of hydrogen-bond acceptors (Lipinski definition) is 5. The summed E-state index contributed by atoms with van der Waals surface area (Å²) in [4.78, 5) is 19.7. The van der Waals surface area contributed by atoms with Gasteiger partial charge in [-0.1, -0.05) is 13.8 Å². The van der Waals surface area contributed by atoms with E-state index in [1.54, 1.807) is 18.4 Å². The van der Waals surface area contributed by atoms with Crippen LogP contribution in [0.5, 0.6) is 0 Å². The van der Waals surface area contributed by atoms with Gasteiger partial charge < -0.3 is 9.73 Å². The molecule has 6 heteroatoms. The standard InChI is InChI=1S/C12H16N4O2/c1-9(2)6-13-11-14-8-16(12(17)15-11)7-10-4-3-5-18-10/h3-5,8-9H,6-7H2,1-2H3,(H,13,15,17). The van der Waals surface area contributed by atoms with Crippen molar-refractivity contribution in [3.05, 3.63) is 41.0 Å². The first-order valence-corrected chi connectivity index (χ1v) is 5.85. The van der Waals surface area contributed by atoms with E-state index in [0.717, 1.165) is 6.54 Å². The lowest BCUT2D eigenvalue weighted by molar-refractivity contribution is 0.485. The van der Waals surface area contributed by atoms with Gasteiger partial charge >= 0.3 is 5.69 Å². The van der Waals surface area contributed by atoms with E-state index in [1.165, 1.54) is 10.9 Å². The molecule has 0 saturated carbocycles. The highest BCUT2D eigenvalue weighted by atomic mass is 16.3. The molecule has 0 aliphatic carbocycles.